The van der Waals surface area contributed by atoms with Gasteiger partial charge in [0.05, 0.1) is 0 Å². The maximum absolute atomic E-state index is 3.51. The van der Waals surface area contributed by atoms with Gasteiger partial charge in [-0.05, 0) is 69.6 Å². The van der Waals surface area contributed by atoms with Crippen LogP contribution in [0.1, 0.15) is 52.9 Å². The van der Waals surface area contributed by atoms with Gasteiger partial charge in [0.2, 0.25) is 0 Å². The molecule has 1 N–H and O–H groups in total. The zero-order valence-electron chi connectivity index (χ0n) is 12.0. The zero-order chi connectivity index (χ0) is 12.3. The molecule has 2 heterocycles. The predicted octanol–water partition coefficient (Wildman–Crippen LogP) is 2.89. The third kappa shape index (κ3) is 3.03. The van der Waals surface area contributed by atoms with E-state index in [0.717, 1.165) is 12.0 Å². The van der Waals surface area contributed by atoms with Gasteiger partial charge < -0.3 is 10.2 Å². The Bertz CT molecular complexity index is 221. The molecule has 1 unspecified atom stereocenters. The molecule has 0 radical (unpaired) electrons. The predicted molar refractivity (Wildman–Crippen MR) is 74.3 cm³/mol. The number of nitrogens with zero attached hydrogens (tertiary/aromatic N) is 1. The third-order valence-corrected chi connectivity index (χ3v) is 5.18. The Morgan fingerprint density at radius 2 is 1.65 bits per heavy atom. The Morgan fingerprint density at radius 3 is 2.12 bits per heavy atom. The lowest BCUT2D eigenvalue weighted by Crippen LogP contribution is -2.49. The summed E-state index contributed by atoms with van der Waals surface area (Å²) in [5, 5.41) is 3.51. The number of hydrogen-bond donors (Lipinski definition) is 1. The second kappa shape index (κ2) is 5.71. The van der Waals surface area contributed by atoms with Gasteiger partial charge in [0.25, 0.3) is 0 Å². The first kappa shape index (κ1) is 13.4. The average molecular weight is 238 g/mol. The number of likely N-dealkylation sites (tertiary alicyclic amines) is 1. The molecule has 2 aliphatic rings. The van der Waals surface area contributed by atoms with Crippen LogP contribution < -0.4 is 5.32 Å². The largest absolute Gasteiger partial charge is 0.317 e. The van der Waals surface area contributed by atoms with E-state index in [0.29, 0.717) is 5.41 Å². The molecule has 2 heteroatoms. The summed E-state index contributed by atoms with van der Waals surface area (Å²) in [6, 6.07) is 0.814. The molecule has 1 atom stereocenters. The molecule has 2 saturated heterocycles. The molecule has 2 aliphatic heterocycles. The molecular weight excluding hydrogens is 208 g/mol. The molecule has 0 aromatic carbocycles. The highest BCUT2D eigenvalue weighted by Crippen LogP contribution is 2.40. The number of hydrogen-bond acceptors (Lipinski definition) is 2. The molecule has 2 fully saturated rings. The Hall–Kier alpha value is -0.0800. The van der Waals surface area contributed by atoms with Crippen LogP contribution in [0.4, 0.5) is 0 Å². The van der Waals surface area contributed by atoms with Crippen LogP contribution in [0.5, 0.6) is 0 Å². The first-order valence-corrected chi connectivity index (χ1v) is 7.62. The van der Waals surface area contributed by atoms with E-state index in [1.807, 2.05) is 0 Å². The van der Waals surface area contributed by atoms with E-state index >= 15 is 0 Å². The van der Waals surface area contributed by atoms with Crippen molar-refractivity contribution in [2.24, 2.45) is 11.3 Å². The Labute approximate surface area is 107 Å². The summed E-state index contributed by atoms with van der Waals surface area (Å²) < 4.78 is 0. The van der Waals surface area contributed by atoms with Gasteiger partial charge in [-0.1, -0.05) is 20.8 Å². The highest BCUT2D eigenvalue weighted by molar-refractivity contribution is 4.91. The molecule has 2 nitrogen and oxygen atoms in total. The molecule has 0 aromatic rings. The summed E-state index contributed by atoms with van der Waals surface area (Å²) in [7, 11) is 0. The van der Waals surface area contributed by atoms with Gasteiger partial charge in [-0.3, -0.25) is 0 Å². The van der Waals surface area contributed by atoms with Gasteiger partial charge in [-0.2, -0.15) is 0 Å². The highest BCUT2D eigenvalue weighted by Gasteiger charge is 2.37. The van der Waals surface area contributed by atoms with Crippen LogP contribution >= 0.6 is 0 Å². The van der Waals surface area contributed by atoms with Crippen LogP contribution in [0, 0.1) is 11.3 Å². The van der Waals surface area contributed by atoms with Crippen molar-refractivity contribution in [3.05, 3.63) is 0 Å². The molecule has 17 heavy (non-hydrogen) atoms. The van der Waals surface area contributed by atoms with Crippen molar-refractivity contribution in [3.63, 3.8) is 0 Å². The van der Waals surface area contributed by atoms with Crippen molar-refractivity contribution in [2.75, 3.05) is 26.2 Å². The molecule has 0 aliphatic carbocycles. The summed E-state index contributed by atoms with van der Waals surface area (Å²) >= 11 is 0. The standard InChI is InChI=1S/C15H30N2/c1-4-14(13(2)3)17-11-7-15(8-12-17)5-9-16-10-6-15/h13-14,16H,4-12H2,1-3H3. The summed E-state index contributed by atoms with van der Waals surface area (Å²) in [5.41, 5.74) is 0.705. The van der Waals surface area contributed by atoms with Crippen LogP contribution in [0.2, 0.25) is 0 Å². The SMILES string of the molecule is CCC(C(C)C)N1CCC2(CCNCC2)CC1. The van der Waals surface area contributed by atoms with Gasteiger partial charge in [0.15, 0.2) is 0 Å². The van der Waals surface area contributed by atoms with Crippen LogP contribution in [-0.4, -0.2) is 37.1 Å². The monoisotopic (exact) mass is 238 g/mol. The van der Waals surface area contributed by atoms with Gasteiger partial charge in [0.1, 0.15) is 0 Å². The minimum Gasteiger partial charge on any atom is -0.317 e. The van der Waals surface area contributed by atoms with E-state index in [9.17, 15) is 0 Å². The normalized spacial score (nSPS) is 27.5. The second-order valence-corrected chi connectivity index (χ2v) is 6.51. The maximum atomic E-state index is 3.51. The molecule has 1 spiro atoms. The third-order valence-electron chi connectivity index (χ3n) is 5.18. The van der Waals surface area contributed by atoms with Crippen molar-refractivity contribution in [3.8, 4) is 0 Å². The van der Waals surface area contributed by atoms with Gasteiger partial charge in [-0.15, -0.1) is 0 Å². The van der Waals surface area contributed by atoms with E-state index in [2.05, 4.69) is 31.0 Å². The van der Waals surface area contributed by atoms with Crippen molar-refractivity contribution in [1.29, 1.82) is 0 Å². The molecular formula is C15H30N2. The van der Waals surface area contributed by atoms with Crippen molar-refractivity contribution in [1.82, 2.24) is 10.2 Å². The Kier molecular flexibility index (Phi) is 4.48. The van der Waals surface area contributed by atoms with E-state index in [1.165, 1.54) is 58.3 Å². The van der Waals surface area contributed by atoms with Gasteiger partial charge in [-0.25, -0.2) is 0 Å². The zero-order valence-corrected chi connectivity index (χ0v) is 12.0. The van der Waals surface area contributed by atoms with E-state index in [4.69, 9.17) is 0 Å². The van der Waals surface area contributed by atoms with E-state index in [-0.39, 0.29) is 0 Å². The Morgan fingerprint density at radius 1 is 1.06 bits per heavy atom. The quantitative estimate of drug-likeness (QED) is 0.813. The lowest BCUT2D eigenvalue weighted by molar-refractivity contribution is 0.0359. The first-order valence-electron chi connectivity index (χ1n) is 7.62. The Balaban J connectivity index is 1.88. The topological polar surface area (TPSA) is 15.3 Å². The summed E-state index contributed by atoms with van der Waals surface area (Å²) in [6.07, 6.45) is 7.03. The van der Waals surface area contributed by atoms with Crippen LogP contribution in [-0.2, 0) is 0 Å². The molecule has 0 bridgehead atoms. The summed E-state index contributed by atoms with van der Waals surface area (Å²) in [4.78, 5) is 2.76. The molecule has 100 valence electrons. The van der Waals surface area contributed by atoms with Crippen molar-refractivity contribution >= 4 is 0 Å². The fourth-order valence-electron chi connectivity index (χ4n) is 3.94. The van der Waals surface area contributed by atoms with Crippen molar-refractivity contribution < 1.29 is 0 Å². The highest BCUT2D eigenvalue weighted by atomic mass is 15.2. The second-order valence-electron chi connectivity index (χ2n) is 6.51. The van der Waals surface area contributed by atoms with Crippen LogP contribution in [0.3, 0.4) is 0 Å². The summed E-state index contributed by atoms with van der Waals surface area (Å²) in [6.45, 7) is 12.3. The smallest absolute Gasteiger partial charge is 0.0116 e. The minimum absolute atomic E-state index is 0.705. The minimum atomic E-state index is 0.705. The van der Waals surface area contributed by atoms with E-state index < -0.39 is 0 Å². The average Bonchev–Trinajstić information content (AvgIpc) is 2.33. The molecule has 0 saturated carbocycles. The fraction of sp³-hybridized carbons (Fsp3) is 1.00. The number of rotatable bonds is 3. The molecule has 0 amide bonds. The molecule has 2 rings (SSSR count). The van der Waals surface area contributed by atoms with Gasteiger partial charge >= 0.3 is 0 Å². The maximum Gasteiger partial charge on any atom is 0.0116 e. The van der Waals surface area contributed by atoms with Crippen molar-refractivity contribution in [2.45, 2.75) is 58.9 Å². The van der Waals surface area contributed by atoms with Crippen LogP contribution in [0.25, 0.3) is 0 Å². The fourth-order valence-corrected chi connectivity index (χ4v) is 3.94. The first-order chi connectivity index (χ1) is 8.17. The number of piperidine rings is 2. The van der Waals surface area contributed by atoms with E-state index in [1.54, 1.807) is 0 Å². The molecule has 0 aromatic heterocycles. The van der Waals surface area contributed by atoms with Gasteiger partial charge in [0, 0.05) is 6.04 Å². The number of nitrogens with one attached hydrogen (secondary N) is 1. The lowest BCUT2D eigenvalue weighted by atomic mass is 9.71. The summed E-state index contributed by atoms with van der Waals surface area (Å²) in [5.74, 6) is 0.807. The lowest BCUT2D eigenvalue weighted by Gasteiger charge is -2.47. The van der Waals surface area contributed by atoms with Crippen LogP contribution in [0.15, 0.2) is 0 Å².